The van der Waals surface area contributed by atoms with Crippen LogP contribution in [0.4, 0.5) is 0 Å². The molecule has 80 valence electrons. The molecule has 0 amide bonds. The number of hydrogen-bond donors (Lipinski definition) is 1. The molecule has 0 atom stereocenters. The van der Waals surface area contributed by atoms with Crippen molar-refractivity contribution in [2.45, 2.75) is 13.0 Å². The van der Waals surface area contributed by atoms with E-state index < -0.39 is 0 Å². The van der Waals surface area contributed by atoms with E-state index in [2.05, 4.69) is 4.84 Å². The van der Waals surface area contributed by atoms with Gasteiger partial charge in [-0.1, -0.05) is 30.3 Å². The molecule has 4 heteroatoms. The van der Waals surface area contributed by atoms with Gasteiger partial charge in [0, 0.05) is 6.61 Å². The van der Waals surface area contributed by atoms with Crippen molar-refractivity contribution in [3.05, 3.63) is 35.9 Å². The molecule has 0 aliphatic carbocycles. The fourth-order valence-corrected chi connectivity index (χ4v) is 1.01. The summed E-state index contributed by atoms with van der Waals surface area (Å²) in [4.78, 5) is 4.41. The Labute approximate surface area is 90.6 Å². The summed E-state index contributed by atoms with van der Waals surface area (Å²) in [6.07, 6.45) is 0.837. The van der Waals surface area contributed by atoms with Crippen LogP contribution in [0.25, 0.3) is 0 Å². The second-order valence-corrected chi connectivity index (χ2v) is 2.76. The molecule has 0 saturated heterocycles. The minimum Gasteiger partial charge on any atom is -0.377 e. The molecule has 0 aliphatic rings. The van der Waals surface area contributed by atoms with Crippen molar-refractivity contribution in [3.8, 4) is 0 Å². The average Bonchev–Trinajstić information content (AvgIpc) is 2.19. The summed E-state index contributed by atoms with van der Waals surface area (Å²) in [5.74, 6) is 4.87. The smallest absolute Gasteiger partial charge is 0.0716 e. The van der Waals surface area contributed by atoms with Crippen LogP contribution in [0, 0.1) is 0 Å². The molecule has 0 saturated carbocycles. The summed E-state index contributed by atoms with van der Waals surface area (Å²) in [5, 5.41) is 0. The lowest BCUT2D eigenvalue weighted by molar-refractivity contribution is 0.0762. The fraction of sp³-hybridized carbons (Fsp3) is 0.400. The van der Waals surface area contributed by atoms with E-state index in [0.717, 1.165) is 6.42 Å². The molecule has 0 heterocycles. The molecular formula is C10H16ClNO2. The number of hydrogen-bond acceptors (Lipinski definition) is 3. The predicted octanol–water partition coefficient (Wildman–Crippen LogP) is 1.91. The Kier molecular flexibility index (Phi) is 8.57. The van der Waals surface area contributed by atoms with Gasteiger partial charge in [0.2, 0.25) is 0 Å². The van der Waals surface area contributed by atoms with Crippen LogP contribution in [-0.2, 0) is 16.2 Å². The van der Waals surface area contributed by atoms with Gasteiger partial charge in [-0.15, -0.1) is 12.4 Å². The molecular weight excluding hydrogens is 202 g/mol. The third-order valence-corrected chi connectivity index (χ3v) is 1.66. The Bertz CT molecular complexity index is 219. The van der Waals surface area contributed by atoms with E-state index in [-0.39, 0.29) is 12.4 Å². The van der Waals surface area contributed by atoms with Crippen LogP contribution in [-0.4, -0.2) is 13.2 Å². The Morgan fingerprint density at radius 2 is 1.79 bits per heavy atom. The predicted molar refractivity (Wildman–Crippen MR) is 58.1 cm³/mol. The molecule has 0 radical (unpaired) electrons. The molecule has 1 aromatic rings. The Balaban J connectivity index is 0.00000169. The van der Waals surface area contributed by atoms with Crippen LogP contribution in [0.2, 0.25) is 0 Å². The van der Waals surface area contributed by atoms with Crippen molar-refractivity contribution in [1.82, 2.24) is 0 Å². The number of halogens is 1. The summed E-state index contributed by atoms with van der Waals surface area (Å²) in [7, 11) is 0. The summed E-state index contributed by atoms with van der Waals surface area (Å²) < 4.78 is 5.39. The van der Waals surface area contributed by atoms with Crippen molar-refractivity contribution < 1.29 is 9.57 Å². The zero-order chi connectivity index (χ0) is 9.36. The third-order valence-electron chi connectivity index (χ3n) is 1.66. The van der Waals surface area contributed by atoms with Crippen molar-refractivity contribution in [3.63, 3.8) is 0 Å². The highest BCUT2D eigenvalue weighted by Gasteiger charge is 1.91. The summed E-state index contributed by atoms with van der Waals surface area (Å²) >= 11 is 0. The van der Waals surface area contributed by atoms with Crippen LogP contribution in [0.5, 0.6) is 0 Å². The highest BCUT2D eigenvalue weighted by atomic mass is 35.5. The van der Waals surface area contributed by atoms with Gasteiger partial charge in [-0.25, -0.2) is 5.90 Å². The molecule has 2 N–H and O–H groups in total. The van der Waals surface area contributed by atoms with Crippen LogP contribution < -0.4 is 5.90 Å². The monoisotopic (exact) mass is 217 g/mol. The topological polar surface area (TPSA) is 44.5 Å². The molecule has 0 aliphatic heterocycles. The zero-order valence-electron chi connectivity index (χ0n) is 8.02. The van der Waals surface area contributed by atoms with E-state index in [4.69, 9.17) is 10.6 Å². The van der Waals surface area contributed by atoms with Gasteiger partial charge in [-0.3, -0.25) is 0 Å². The number of benzene rings is 1. The van der Waals surface area contributed by atoms with Gasteiger partial charge in [-0.05, 0) is 12.0 Å². The standard InChI is InChI=1S/C10H15NO2.ClH/c11-13-8-4-7-12-9-10-5-2-1-3-6-10;/h1-3,5-6H,4,7-9,11H2;1H. The SMILES string of the molecule is Cl.NOCCCOCc1ccccc1. The van der Waals surface area contributed by atoms with Crippen LogP contribution in [0.1, 0.15) is 12.0 Å². The molecule has 14 heavy (non-hydrogen) atoms. The normalized spacial score (nSPS) is 9.50. The van der Waals surface area contributed by atoms with Crippen molar-refractivity contribution in [2.24, 2.45) is 5.90 Å². The van der Waals surface area contributed by atoms with Crippen LogP contribution >= 0.6 is 12.4 Å². The van der Waals surface area contributed by atoms with E-state index in [1.807, 2.05) is 30.3 Å². The number of nitrogens with two attached hydrogens (primary N) is 1. The van der Waals surface area contributed by atoms with Gasteiger partial charge in [0.25, 0.3) is 0 Å². The first-order valence-corrected chi connectivity index (χ1v) is 4.37. The second kappa shape index (κ2) is 8.97. The molecule has 1 rings (SSSR count). The number of rotatable bonds is 6. The molecule has 0 fully saturated rings. The Morgan fingerprint density at radius 3 is 2.43 bits per heavy atom. The maximum Gasteiger partial charge on any atom is 0.0716 e. The van der Waals surface area contributed by atoms with E-state index in [1.165, 1.54) is 5.56 Å². The highest BCUT2D eigenvalue weighted by Crippen LogP contribution is 2.00. The van der Waals surface area contributed by atoms with E-state index in [0.29, 0.717) is 19.8 Å². The van der Waals surface area contributed by atoms with Crippen LogP contribution in [0.3, 0.4) is 0 Å². The minimum atomic E-state index is 0. The maximum absolute atomic E-state index is 5.39. The van der Waals surface area contributed by atoms with Crippen molar-refractivity contribution in [1.29, 1.82) is 0 Å². The highest BCUT2D eigenvalue weighted by molar-refractivity contribution is 5.85. The largest absolute Gasteiger partial charge is 0.377 e. The average molecular weight is 218 g/mol. The first-order chi connectivity index (χ1) is 6.43. The second-order valence-electron chi connectivity index (χ2n) is 2.76. The molecule has 0 spiro atoms. The molecule has 1 aromatic carbocycles. The first kappa shape index (κ1) is 13.4. The van der Waals surface area contributed by atoms with Gasteiger partial charge in [0.1, 0.15) is 0 Å². The minimum absolute atomic E-state index is 0. The molecule has 3 nitrogen and oxygen atoms in total. The number of ether oxygens (including phenoxy) is 1. The third kappa shape index (κ3) is 5.94. The fourth-order valence-electron chi connectivity index (χ4n) is 1.01. The molecule has 0 unspecified atom stereocenters. The first-order valence-electron chi connectivity index (χ1n) is 4.37. The Morgan fingerprint density at radius 1 is 1.07 bits per heavy atom. The molecule has 0 bridgehead atoms. The summed E-state index contributed by atoms with van der Waals surface area (Å²) in [5.41, 5.74) is 1.19. The van der Waals surface area contributed by atoms with Gasteiger partial charge < -0.3 is 9.57 Å². The van der Waals surface area contributed by atoms with E-state index in [9.17, 15) is 0 Å². The zero-order valence-corrected chi connectivity index (χ0v) is 8.83. The maximum atomic E-state index is 5.39. The lowest BCUT2D eigenvalue weighted by Crippen LogP contribution is -2.04. The van der Waals surface area contributed by atoms with E-state index in [1.54, 1.807) is 0 Å². The Hall–Kier alpha value is -0.610. The van der Waals surface area contributed by atoms with Gasteiger partial charge in [0.15, 0.2) is 0 Å². The lowest BCUT2D eigenvalue weighted by Gasteiger charge is -2.02. The van der Waals surface area contributed by atoms with Gasteiger partial charge >= 0.3 is 0 Å². The van der Waals surface area contributed by atoms with Crippen LogP contribution in [0.15, 0.2) is 30.3 Å². The summed E-state index contributed by atoms with van der Waals surface area (Å²) in [6.45, 7) is 1.90. The molecule has 0 aromatic heterocycles. The summed E-state index contributed by atoms with van der Waals surface area (Å²) in [6, 6.07) is 10.1. The lowest BCUT2D eigenvalue weighted by atomic mass is 10.2. The quantitative estimate of drug-likeness (QED) is 0.585. The van der Waals surface area contributed by atoms with Gasteiger partial charge in [0.05, 0.1) is 13.2 Å². The van der Waals surface area contributed by atoms with Crippen molar-refractivity contribution >= 4 is 12.4 Å². The van der Waals surface area contributed by atoms with Crippen molar-refractivity contribution in [2.75, 3.05) is 13.2 Å². The van der Waals surface area contributed by atoms with E-state index >= 15 is 0 Å². The van der Waals surface area contributed by atoms with Gasteiger partial charge in [-0.2, -0.15) is 0 Å².